The Bertz CT molecular complexity index is 730. The Hall–Kier alpha value is -2.95. The number of hydrogen-bond donors (Lipinski definition) is 0. The summed E-state index contributed by atoms with van der Waals surface area (Å²) in [6.45, 7) is 0.442. The minimum absolute atomic E-state index is 0.442. The molecular formula is C18H18N2O3. The fourth-order valence-electron chi connectivity index (χ4n) is 2.30. The Labute approximate surface area is 135 Å². The van der Waals surface area contributed by atoms with E-state index in [2.05, 4.69) is 4.98 Å². The molecule has 2 aromatic carbocycles. The third-order valence-corrected chi connectivity index (χ3v) is 3.47. The Kier molecular flexibility index (Phi) is 4.47. The largest absolute Gasteiger partial charge is 0.493 e. The fourth-order valence-corrected chi connectivity index (χ4v) is 2.30. The molecule has 0 radical (unpaired) electrons. The van der Waals surface area contributed by atoms with Crippen molar-refractivity contribution in [2.24, 2.45) is 0 Å². The Morgan fingerprint density at radius 3 is 2.26 bits per heavy atom. The maximum absolute atomic E-state index is 5.93. The van der Waals surface area contributed by atoms with Crippen LogP contribution in [0.4, 0.5) is 0 Å². The Morgan fingerprint density at radius 1 is 1.00 bits per heavy atom. The minimum atomic E-state index is 0.442. The molecule has 0 amide bonds. The van der Waals surface area contributed by atoms with E-state index < -0.39 is 0 Å². The fraction of sp³-hybridized carbons (Fsp3) is 0.167. The highest BCUT2D eigenvalue weighted by Gasteiger charge is 2.15. The summed E-state index contributed by atoms with van der Waals surface area (Å²) in [5.41, 5.74) is 1.97. The summed E-state index contributed by atoms with van der Waals surface area (Å²) in [7, 11) is 3.23. The second-order valence-electron chi connectivity index (χ2n) is 4.92. The zero-order valence-electron chi connectivity index (χ0n) is 13.1. The van der Waals surface area contributed by atoms with Crippen LogP contribution in [0.25, 0.3) is 5.69 Å². The van der Waals surface area contributed by atoms with E-state index in [4.69, 9.17) is 14.2 Å². The van der Waals surface area contributed by atoms with Crippen LogP contribution >= 0.6 is 0 Å². The van der Waals surface area contributed by atoms with E-state index in [0.29, 0.717) is 23.9 Å². The van der Waals surface area contributed by atoms with Crippen molar-refractivity contribution in [3.05, 3.63) is 66.7 Å². The van der Waals surface area contributed by atoms with Gasteiger partial charge < -0.3 is 18.8 Å². The van der Waals surface area contributed by atoms with Crippen molar-refractivity contribution < 1.29 is 14.2 Å². The normalized spacial score (nSPS) is 10.3. The number of nitrogens with zero attached hydrogens (tertiary/aromatic N) is 2. The smallest absolute Gasteiger partial charge is 0.204 e. The number of ether oxygens (including phenoxy) is 3. The first-order valence-electron chi connectivity index (χ1n) is 7.23. The summed E-state index contributed by atoms with van der Waals surface area (Å²) in [6, 6.07) is 13.8. The maximum Gasteiger partial charge on any atom is 0.204 e. The molecule has 23 heavy (non-hydrogen) atoms. The van der Waals surface area contributed by atoms with Crippen molar-refractivity contribution in [1.29, 1.82) is 0 Å². The van der Waals surface area contributed by atoms with Crippen LogP contribution in [-0.2, 0) is 6.61 Å². The molecule has 0 unspecified atom stereocenters. The van der Waals surface area contributed by atoms with Gasteiger partial charge in [0.2, 0.25) is 5.75 Å². The van der Waals surface area contributed by atoms with Crippen LogP contribution in [0.1, 0.15) is 5.56 Å². The molecule has 0 atom stereocenters. The molecule has 118 valence electrons. The monoisotopic (exact) mass is 310 g/mol. The lowest BCUT2D eigenvalue weighted by Crippen LogP contribution is -2.02. The van der Waals surface area contributed by atoms with E-state index in [1.807, 2.05) is 53.2 Å². The van der Waals surface area contributed by atoms with Gasteiger partial charge in [0.1, 0.15) is 6.61 Å². The zero-order chi connectivity index (χ0) is 16.1. The van der Waals surface area contributed by atoms with E-state index >= 15 is 0 Å². The molecule has 3 rings (SSSR count). The second-order valence-corrected chi connectivity index (χ2v) is 4.92. The quantitative estimate of drug-likeness (QED) is 0.699. The second kappa shape index (κ2) is 6.87. The highest BCUT2D eigenvalue weighted by Crippen LogP contribution is 2.40. The van der Waals surface area contributed by atoms with Gasteiger partial charge in [-0.15, -0.1) is 0 Å². The Morgan fingerprint density at radius 2 is 1.70 bits per heavy atom. The molecule has 0 aliphatic rings. The average Bonchev–Trinajstić information content (AvgIpc) is 3.14. The van der Waals surface area contributed by atoms with Crippen molar-refractivity contribution >= 4 is 0 Å². The Balaban J connectivity index is 1.92. The summed E-state index contributed by atoms with van der Waals surface area (Å²) >= 11 is 0. The van der Waals surface area contributed by atoms with Gasteiger partial charge in [-0.1, -0.05) is 30.3 Å². The van der Waals surface area contributed by atoms with Crippen LogP contribution in [0.5, 0.6) is 17.2 Å². The van der Waals surface area contributed by atoms with Gasteiger partial charge in [-0.2, -0.15) is 0 Å². The maximum atomic E-state index is 5.93. The number of rotatable bonds is 6. The molecule has 0 N–H and O–H groups in total. The van der Waals surface area contributed by atoms with Crippen LogP contribution in [0.3, 0.4) is 0 Å². The summed E-state index contributed by atoms with van der Waals surface area (Å²) in [5.74, 6) is 1.82. The molecule has 0 saturated heterocycles. The lowest BCUT2D eigenvalue weighted by molar-refractivity contribution is 0.266. The average molecular weight is 310 g/mol. The topological polar surface area (TPSA) is 45.5 Å². The van der Waals surface area contributed by atoms with Crippen LogP contribution in [0.15, 0.2) is 61.2 Å². The summed E-state index contributed by atoms with van der Waals surface area (Å²) in [5, 5.41) is 0. The molecule has 5 heteroatoms. The molecule has 0 fully saturated rings. The SMILES string of the molecule is COc1cc(-n2ccnc2)cc(OC)c1OCc1ccccc1. The molecule has 3 aromatic rings. The number of benzene rings is 2. The standard InChI is InChI=1S/C18H18N2O3/c1-21-16-10-15(20-9-8-19-13-20)11-17(22-2)18(16)23-12-14-6-4-3-5-7-14/h3-11,13H,12H2,1-2H3. The van der Waals surface area contributed by atoms with Gasteiger partial charge in [-0.3, -0.25) is 0 Å². The van der Waals surface area contributed by atoms with Crippen molar-refractivity contribution in [1.82, 2.24) is 9.55 Å². The van der Waals surface area contributed by atoms with Crippen molar-refractivity contribution in [2.75, 3.05) is 14.2 Å². The van der Waals surface area contributed by atoms with Gasteiger partial charge in [0.25, 0.3) is 0 Å². The number of imidazole rings is 1. The molecular weight excluding hydrogens is 292 g/mol. The highest BCUT2D eigenvalue weighted by molar-refractivity contribution is 5.58. The first-order chi connectivity index (χ1) is 11.3. The van der Waals surface area contributed by atoms with E-state index in [9.17, 15) is 0 Å². The summed E-state index contributed by atoms with van der Waals surface area (Å²) in [6.07, 6.45) is 5.30. The van der Waals surface area contributed by atoms with Gasteiger partial charge in [-0.25, -0.2) is 4.98 Å². The molecule has 1 aromatic heterocycles. The van der Waals surface area contributed by atoms with Gasteiger partial charge in [0, 0.05) is 24.5 Å². The van der Waals surface area contributed by atoms with Gasteiger partial charge in [0.15, 0.2) is 11.5 Å². The lowest BCUT2D eigenvalue weighted by atomic mass is 10.2. The van der Waals surface area contributed by atoms with Crippen LogP contribution in [0.2, 0.25) is 0 Å². The third kappa shape index (κ3) is 3.29. The van der Waals surface area contributed by atoms with Gasteiger partial charge in [-0.05, 0) is 5.56 Å². The van der Waals surface area contributed by atoms with E-state index in [0.717, 1.165) is 11.3 Å². The molecule has 5 nitrogen and oxygen atoms in total. The van der Waals surface area contributed by atoms with Gasteiger partial charge >= 0.3 is 0 Å². The van der Waals surface area contributed by atoms with Crippen molar-refractivity contribution in [2.45, 2.75) is 6.61 Å². The molecule has 0 aliphatic heterocycles. The van der Waals surface area contributed by atoms with E-state index in [1.54, 1.807) is 26.7 Å². The first-order valence-corrected chi connectivity index (χ1v) is 7.23. The number of aromatic nitrogens is 2. The minimum Gasteiger partial charge on any atom is -0.493 e. The molecule has 1 heterocycles. The summed E-state index contributed by atoms with van der Waals surface area (Å²) < 4.78 is 18.8. The highest BCUT2D eigenvalue weighted by atomic mass is 16.5. The molecule has 0 spiro atoms. The first kappa shape index (κ1) is 15.0. The third-order valence-electron chi connectivity index (χ3n) is 3.47. The number of hydrogen-bond acceptors (Lipinski definition) is 4. The van der Waals surface area contributed by atoms with Crippen LogP contribution in [0, 0.1) is 0 Å². The van der Waals surface area contributed by atoms with Crippen LogP contribution < -0.4 is 14.2 Å². The number of methoxy groups -OCH3 is 2. The van der Waals surface area contributed by atoms with E-state index in [1.165, 1.54) is 0 Å². The predicted octanol–water partition coefficient (Wildman–Crippen LogP) is 3.47. The molecule has 0 bridgehead atoms. The summed E-state index contributed by atoms with van der Waals surface area (Å²) in [4.78, 5) is 4.06. The lowest BCUT2D eigenvalue weighted by Gasteiger charge is -2.16. The molecule has 0 aliphatic carbocycles. The molecule has 0 saturated carbocycles. The van der Waals surface area contributed by atoms with Crippen LogP contribution in [-0.4, -0.2) is 23.8 Å². The predicted molar refractivity (Wildman–Crippen MR) is 87.4 cm³/mol. The van der Waals surface area contributed by atoms with Crippen molar-refractivity contribution in [3.63, 3.8) is 0 Å². The van der Waals surface area contributed by atoms with E-state index in [-0.39, 0.29) is 0 Å². The van der Waals surface area contributed by atoms with Gasteiger partial charge in [0.05, 0.1) is 26.2 Å². The zero-order valence-corrected chi connectivity index (χ0v) is 13.1. The van der Waals surface area contributed by atoms with Crippen molar-refractivity contribution in [3.8, 4) is 22.9 Å².